The number of H-pyrrole nitrogens is 1. The Labute approximate surface area is 188 Å². The number of aromatic nitrogens is 4. The van der Waals surface area contributed by atoms with E-state index >= 15 is 0 Å². The number of piperidine rings is 1. The molecule has 7 nitrogen and oxygen atoms in total. The molecule has 2 aliphatic rings. The number of hydrogen-bond donors (Lipinski definition) is 1. The minimum absolute atomic E-state index is 0.212. The van der Waals surface area contributed by atoms with Crippen molar-refractivity contribution in [3.05, 3.63) is 46.6 Å². The maximum atomic E-state index is 12.9. The molecular formula is C25H33N5O2. The van der Waals surface area contributed by atoms with Crippen LogP contribution in [0.15, 0.2) is 35.1 Å². The molecule has 3 aromatic rings. The van der Waals surface area contributed by atoms with Crippen molar-refractivity contribution in [2.24, 2.45) is 5.92 Å². The number of para-hydroxylation sites is 1. The highest BCUT2D eigenvalue weighted by molar-refractivity contribution is 5.86. The zero-order chi connectivity index (χ0) is 21.9. The minimum atomic E-state index is -0.212. The van der Waals surface area contributed by atoms with Gasteiger partial charge in [-0.1, -0.05) is 44.2 Å². The first-order valence-corrected chi connectivity index (χ1v) is 12.1. The molecule has 0 spiro atoms. The molecule has 1 aliphatic carbocycles. The molecule has 170 valence electrons. The SMILES string of the molecule is COc1ccc2cccc(-n3nc([C@H]4CCCN(CCC5CCCCC5)C4)[nH]c3=O)c2n1. The summed E-state index contributed by atoms with van der Waals surface area (Å²) < 4.78 is 6.75. The topological polar surface area (TPSA) is 76.0 Å². The standard InChI is InChI=1S/C25H33N5O2/c1-32-22-13-12-19-9-5-11-21(23(19)26-22)30-25(31)27-24(28-30)20-10-6-15-29(17-20)16-14-18-7-3-2-4-8-18/h5,9,11-13,18,20H,2-4,6-8,10,14-17H2,1H3,(H,27,28,31)/t20-/m0/s1. The third-order valence-electron chi connectivity index (χ3n) is 7.22. The first-order valence-electron chi connectivity index (χ1n) is 12.1. The highest BCUT2D eigenvalue weighted by Crippen LogP contribution is 2.29. The summed E-state index contributed by atoms with van der Waals surface area (Å²) in [6.45, 7) is 3.29. The number of aromatic amines is 1. The van der Waals surface area contributed by atoms with E-state index in [9.17, 15) is 4.79 Å². The quantitative estimate of drug-likeness (QED) is 0.626. The van der Waals surface area contributed by atoms with Gasteiger partial charge in [0.2, 0.25) is 5.88 Å². The summed E-state index contributed by atoms with van der Waals surface area (Å²) in [7, 11) is 1.60. The predicted octanol–water partition coefficient (Wildman–Crippen LogP) is 4.27. The molecule has 1 aromatic carbocycles. The van der Waals surface area contributed by atoms with Crippen molar-refractivity contribution in [1.29, 1.82) is 0 Å². The summed E-state index contributed by atoms with van der Waals surface area (Å²) in [6.07, 6.45) is 10.5. The Morgan fingerprint density at radius 1 is 1.09 bits per heavy atom. The molecule has 1 saturated carbocycles. The molecule has 7 heteroatoms. The predicted molar refractivity (Wildman–Crippen MR) is 126 cm³/mol. The number of nitrogens with zero attached hydrogens (tertiary/aromatic N) is 4. The number of hydrogen-bond acceptors (Lipinski definition) is 5. The molecule has 3 heterocycles. The molecule has 5 rings (SSSR count). The number of methoxy groups -OCH3 is 1. The van der Waals surface area contributed by atoms with Gasteiger partial charge >= 0.3 is 5.69 Å². The lowest BCUT2D eigenvalue weighted by atomic mass is 9.86. The summed E-state index contributed by atoms with van der Waals surface area (Å²) in [5.74, 6) is 2.48. The van der Waals surface area contributed by atoms with Crippen LogP contribution in [0.2, 0.25) is 0 Å². The summed E-state index contributed by atoms with van der Waals surface area (Å²) in [5.41, 5.74) is 1.18. The molecule has 1 saturated heterocycles. The molecule has 0 amide bonds. The van der Waals surface area contributed by atoms with E-state index in [2.05, 4.69) is 14.9 Å². The monoisotopic (exact) mass is 435 g/mol. The van der Waals surface area contributed by atoms with Crippen LogP contribution in [0, 0.1) is 5.92 Å². The van der Waals surface area contributed by atoms with Gasteiger partial charge < -0.3 is 9.64 Å². The number of nitrogens with one attached hydrogen (secondary N) is 1. The van der Waals surface area contributed by atoms with Gasteiger partial charge in [0, 0.05) is 23.9 Å². The average molecular weight is 436 g/mol. The van der Waals surface area contributed by atoms with Crippen LogP contribution in [0.3, 0.4) is 0 Å². The molecule has 1 atom stereocenters. The van der Waals surface area contributed by atoms with Gasteiger partial charge in [0.25, 0.3) is 0 Å². The molecule has 2 aromatic heterocycles. The smallest absolute Gasteiger partial charge is 0.348 e. The van der Waals surface area contributed by atoms with Crippen LogP contribution in [0.25, 0.3) is 16.6 Å². The molecule has 1 N–H and O–H groups in total. The second-order valence-electron chi connectivity index (χ2n) is 9.36. The Hall–Kier alpha value is -2.67. The number of rotatable bonds is 6. The largest absolute Gasteiger partial charge is 0.481 e. The van der Waals surface area contributed by atoms with Gasteiger partial charge in [-0.25, -0.2) is 9.78 Å². The fourth-order valence-corrected chi connectivity index (χ4v) is 5.41. The maximum absolute atomic E-state index is 12.9. The molecule has 2 fully saturated rings. The van der Waals surface area contributed by atoms with Gasteiger partial charge in [0.15, 0.2) is 0 Å². The van der Waals surface area contributed by atoms with Crippen LogP contribution in [-0.2, 0) is 0 Å². The van der Waals surface area contributed by atoms with Crippen LogP contribution in [0.4, 0.5) is 0 Å². The van der Waals surface area contributed by atoms with Crippen molar-refractivity contribution < 1.29 is 4.74 Å². The highest BCUT2D eigenvalue weighted by atomic mass is 16.5. The minimum Gasteiger partial charge on any atom is -0.481 e. The van der Waals surface area contributed by atoms with E-state index in [4.69, 9.17) is 9.84 Å². The van der Waals surface area contributed by atoms with Crippen LogP contribution >= 0.6 is 0 Å². The van der Waals surface area contributed by atoms with Crippen LogP contribution in [-0.4, -0.2) is 51.4 Å². The summed E-state index contributed by atoms with van der Waals surface area (Å²) in [5, 5.41) is 5.69. The van der Waals surface area contributed by atoms with E-state index in [0.717, 1.165) is 43.1 Å². The van der Waals surface area contributed by atoms with Crippen molar-refractivity contribution in [2.45, 2.75) is 57.3 Å². The Kier molecular flexibility index (Phi) is 6.26. The van der Waals surface area contributed by atoms with Crippen molar-refractivity contribution in [3.63, 3.8) is 0 Å². The molecule has 32 heavy (non-hydrogen) atoms. The van der Waals surface area contributed by atoms with E-state index in [1.165, 1.54) is 49.8 Å². The second-order valence-corrected chi connectivity index (χ2v) is 9.36. The molecule has 0 radical (unpaired) electrons. The average Bonchev–Trinajstić information content (AvgIpc) is 3.24. The van der Waals surface area contributed by atoms with Crippen LogP contribution < -0.4 is 10.4 Å². The lowest BCUT2D eigenvalue weighted by Crippen LogP contribution is -2.36. The second kappa shape index (κ2) is 9.45. The van der Waals surface area contributed by atoms with Crippen LogP contribution in [0.5, 0.6) is 5.88 Å². The van der Waals surface area contributed by atoms with Gasteiger partial charge in [0.1, 0.15) is 11.3 Å². The van der Waals surface area contributed by atoms with Crippen LogP contribution in [0.1, 0.15) is 63.1 Å². The van der Waals surface area contributed by atoms with Crippen molar-refractivity contribution in [3.8, 4) is 11.6 Å². The number of likely N-dealkylation sites (tertiary alicyclic amines) is 1. The lowest BCUT2D eigenvalue weighted by molar-refractivity contribution is 0.182. The van der Waals surface area contributed by atoms with Crippen molar-refractivity contribution in [2.75, 3.05) is 26.7 Å². The fraction of sp³-hybridized carbons (Fsp3) is 0.560. The van der Waals surface area contributed by atoms with E-state index in [1.807, 2.05) is 30.3 Å². The zero-order valence-electron chi connectivity index (χ0n) is 18.9. The third-order valence-corrected chi connectivity index (χ3v) is 7.22. The Balaban J connectivity index is 1.34. The number of pyridine rings is 1. The Bertz CT molecular complexity index is 1110. The fourth-order valence-electron chi connectivity index (χ4n) is 5.41. The molecule has 0 bridgehead atoms. The van der Waals surface area contributed by atoms with Crippen molar-refractivity contribution >= 4 is 10.9 Å². The molecule has 0 unspecified atom stereocenters. The Morgan fingerprint density at radius 2 is 1.97 bits per heavy atom. The Morgan fingerprint density at radius 3 is 2.81 bits per heavy atom. The number of ether oxygens (including phenoxy) is 1. The van der Waals surface area contributed by atoms with E-state index in [1.54, 1.807) is 7.11 Å². The molecular weight excluding hydrogens is 402 g/mol. The highest BCUT2D eigenvalue weighted by Gasteiger charge is 2.26. The lowest BCUT2D eigenvalue weighted by Gasteiger charge is -2.33. The summed E-state index contributed by atoms with van der Waals surface area (Å²) in [6, 6.07) is 9.58. The van der Waals surface area contributed by atoms with Gasteiger partial charge in [0.05, 0.1) is 12.8 Å². The van der Waals surface area contributed by atoms with Gasteiger partial charge in [-0.15, -0.1) is 5.10 Å². The van der Waals surface area contributed by atoms with Gasteiger partial charge in [-0.05, 0) is 50.4 Å². The van der Waals surface area contributed by atoms with Gasteiger partial charge in [-0.3, -0.25) is 4.98 Å². The zero-order valence-corrected chi connectivity index (χ0v) is 18.9. The van der Waals surface area contributed by atoms with Gasteiger partial charge in [-0.2, -0.15) is 4.68 Å². The maximum Gasteiger partial charge on any atom is 0.348 e. The van der Waals surface area contributed by atoms with E-state index in [-0.39, 0.29) is 11.6 Å². The normalized spacial score (nSPS) is 20.6. The number of benzene rings is 1. The third kappa shape index (κ3) is 4.44. The van der Waals surface area contributed by atoms with E-state index in [0.29, 0.717) is 17.1 Å². The molecule has 1 aliphatic heterocycles. The van der Waals surface area contributed by atoms with Crippen molar-refractivity contribution in [1.82, 2.24) is 24.6 Å². The first-order chi connectivity index (χ1) is 15.7. The summed E-state index contributed by atoms with van der Waals surface area (Å²) >= 11 is 0. The number of fused-ring (bicyclic) bond motifs is 1. The summed E-state index contributed by atoms with van der Waals surface area (Å²) in [4.78, 5) is 23.1. The van der Waals surface area contributed by atoms with E-state index < -0.39 is 0 Å². The first kappa shape index (κ1) is 21.2.